The number of halogens is 22. The number of benzene rings is 2. The number of aryl methyl sites for hydroxylation is 2. The van der Waals surface area contributed by atoms with E-state index in [-0.39, 0.29) is 37.6 Å². The second-order valence-corrected chi connectivity index (χ2v) is 17.0. The Balaban J connectivity index is -0.000000380. The van der Waals surface area contributed by atoms with E-state index in [2.05, 4.69) is 55.3 Å². The third-order valence-electron chi connectivity index (χ3n) is 10.4. The van der Waals surface area contributed by atoms with Gasteiger partial charge in [0.2, 0.25) is 17.5 Å². The number of amides is 2. The van der Waals surface area contributed by atoms with Crippen molar-refractivity contribution in [1.29, 1.82) is 0 Å². The summed E-state index contributed by atoms with van der Waals surface area (Å²) in [6.45, 7) is 11.0. The molecule has 8 aromatic rings. The molecule has 0 aliphatic carbocycles. The molecule has 2 aromatic carbocycles. The molecule has 2 aliphatic rings. The van der Waals surface area contributed by atoms with Gasteiger partial charge in [0, 0.05) is 162 Å². The van der Waals surface area contributed by atoms with Gasteiger partial charge in [0.15, 0.2) is 0 Å². The highest BCUT2D eigenvalue weighted by Crippen LogP contribution is 2.26. The van der Waals surface area contributed by atoms with Crippen molar-refractivity contribution in [3.05, 3.63) is 132 Å². The summed E-state index contributed by atoms with van der Waals surface area (Å²) in [5, 5.41) is 17.0. The summed E-state index contributed by atoms with van der Waals surface area (Å²) in [5.41, 5.74) is 6.65. The highest BCUT2D eigenvalue weighted by atomic mass is 32.2. The topological polar surface area (TPSA) is 248 Å². The molecular weight excluding hydrogens is 1310 g/mol. The summed E-state index contributed by atoms with van der Waals surface area (Å²) in [5.74, 6) is 0.770. The normalized spacial score (nSPS) is 11.3. The van der Waals surface area contributed by atoms with E-state index < -0.39 is 10.1 Å². The SMILES string of the molecule is C.C1COCCN1.Cc1ccc(-c2noc(CN3CCOCC3)n2)cc1NC(=O)c1cnc2ccccn12.Cc1ccc(-c2noc(COS(C)(=O)=O)n2)cc1NC(=O)c1cnc2ccccn12.FF.FF.FF.FF.FF.FF.FF.FF.FF.FF.FF. The molecule has 0 bridgehead atoms. The predicted molar refractivity (Wildman–Crippen MR) is 276 cm³/mol. The zero-order valence-corrected chi connectivity index (χ0v) is 46.0. The Hall–Kier alpha value is -8.75. The minimum atomic E-state index is -3.62. The molecule has 0 saturated carbocycles. The lowest BCUT2D eigenvalue weighted by Crippen LogP contribution is -2.35. The number of anilines is 2. The molecule has 2 aliphatic heterocycles. The highest BCUT2D eigenvalue weighted by molar-refractivity contribution is 7.85. The molecule has 3 N–H and O–H groups in total. The Bertz CT molecular complexity index is 3140. The van der Waals surface area contributed by atoms with Crippen LogP contribution in [0.25, 0.3) is 34.1 Å². The van der Waals surface area contributed by atoms with Gasteiger partial charge < -0.3 is 34.5 Å². The number of imidazole rings is 2. The molecule has 90 heavy (non-hydrogen) atoms. The largest absolute Gasteiger partial charge is 0.379 e. The van der Waals surface area contributed by atoms with E-state index >= 15 is 0 Å². The van der Waals surface area contributed by atoms with E-state index in [1.54, 1.807) is 33.3 Å². The first kappa shape index (κ1) is 90.0. The molecule has 44 heteroatoms. The first-order chi connectivity index (χ1) is 43.5. The van der Waals surface area contributed by atoms with E-state index in [9.17, 15) is 18.0 Å². The van der Waals surface area contributed by atoms with Crippen molar-refractivity contribution in [3.63, 3.8) is 0 Å². The van der Waals surface area contributed by atoms with Crippen LogP contribution in [0.15, 0.2) is 107 Å². The van der Waals surface area contributed by atoms with Crippen molar-refractivity contribution in [2.75, 3.05) is 69.5 Å². The summed E-state index contributed by atoms with van der Waals surface area (Å²) in [6, 6.07) is 22.1. The quantitative estimate of drug-likeness (QED) is 0.0804. The van der Waals surface area contributed by atoms with Gasteiger partial charge >= 0.3 is 0 Å². The fourth-order valence-corrected chi connectivity index (χ4v) is 7.17. The maximum atomic E-state index is 12.9. The fourth-order valence-electron chi connectivity index (χ4n) is 6.86. The van der Waals surface area contributed by atoms with Crippen molar-refractivity contribution in [3.8, 4) is 22.8 Å². The van der Waals surface area contributed by atoms with Crippen LogP contribution in [-0.2, 0) is 36.9 Å². The van der Waals surface area contributed by atoms with Crippen LogP contribution in [0.4, 0.5) is 112 Å². The summed E-state index contributed by atoms with van der Waals surface area (Å²) in [4.78, 5) is 45.0. The van der Waals surface area contributed by atoms with Crippen LogP contribution in [0.3, 0.4) is 0 Å². The standard InChI is InChI=1S/C22H22N6O3.C19H17N5O5S.C4H9NO.CH4.11F2/c1-15-5-6-16(21-25-20(31-26-21)14-27-8-10-30-11-9-27)12-17(15)24-22(29)18-13-23-19-4-2-3-7-28(18)19;1-12-6-7-13(18-22-17(29-23-18)11-28-30(2,26)27)9-14(12)21-19(25)15-10-20-16-5-3-4-8-24(15)16;1-3-6-4-2-5-1;;11*1-2/h2-7,12-13H,8-11,14H2,1H3,(H,24,29);3-10H,11H2,1-2H3,(H,21,25);5H,1-4H2;1H4;;;;;;;;;;;. The molecule has 8 heterocycles. The molecule has 0 spiro atoms. The maximum absolute atomic E-state index is 12.9. The lowest BCUT2D eigenvalue weighted by Gasteiger charge is -2.24. The Morgan fingerprint density at radius 1 is 0.556 bits per heavy atom. The third-order valence-corrected chi connectivity index (χ3v) is 11.0. The van der Waals surface area contributed by atoms with Crippen molar-refractivity contribution in [2.45, 2.75) is 34.4 Å². The number of morpholine rings is 2. The van der Waals surface area contributed by atoms with Gasteiger partial charge in [-0.1, -0.05) is 54.1 Å². The lowest BCUT2D eigenvalue weighted by atomic mass is 10.1. The molecule has 0 radical (unpaired) electrons. The molecule has 510 valence electrons. The summed E-state index contributed by atoms with van der Waals surface area (Å²) >= 11 is 0. The van der Waals surface area contributed by atoms with Crippen molar-refractivity contribution < 1.29 is 141 Å². The van der Waals surface area contributed by atoms with Crippen LogP contribution >= 0.6 is 0 Å². The average Bonchev–Trinajstić information content (AvgIpc) is 1.70. The Morgan fingerprint density at radius 3 is 1.30 bits per heavy atom. The summed E-state index contributed by atoms with van der Waals surface area (Å²) in [6.07, 6.45) is 7.59. The van der Waals surface area contributed by atoms with Gasteiger partial charge in [-0.05, 0) is 61.4 Å². The van der Waals surface area contributed by atoms with Gasteiger partial charge in [0.25, 0.3) is 27.8 Å². The van der Waals surface area contributed by atoms with E-state index in [1.807, 2.05) is 80.7 Å². The third kappa shape index (κ3) is 31.9. The van der Waals surface area contributed by atoms with Crippen molar-refractivity contribution in [1.82, 2.24) is 49.3 Å². The molecule has 2 amide bonds. The molecule has 10 rings (SSSR count). The fraction of sp³-hybridized carbons (Fsp3) is 0.304. The smallest absolute Gasteiger partial charge is 0.274 e. The van der Waals surface area contributed by atoms with Crippen molar-refractivity contribution in [2.24, 2.45) is 0 Å². The molecule has 2 fully saturated rings. The molecule has 0 unspecified atom stereocenters. The van der Waals surface area contributed by atoms with Crippen LogP contribution in [0.2, 0.25) is 0 Å². The highest BCUT2D eigenvalue weighted by Gasteiger charge is 2.19. The van der Waals surface area contributed by atoms with Gasteiger partial charge in [-0.25, -0.2) is 9.97 Å². The molecule has 6 aromatic heterocycles. The second-order valence-electron chi connectivity index (χ2n) is 15.4. The van der Waals surface area contributed by atoms with E-state index in [4.69, 9.17) is 119 Å². The number of hydrogen-bond acceptors (Lipinski definition) is 17. The van der Waals surface area contributed by atoms with E-state index in [1.165, 1.54) is 6.20 Å². The summed E-state index contributed by atoms with van der Waals surface area (Å²) < 4.78 is 227. The van der Waals surface area contributed by atoms with Gasteiger partial charge in [0.05, 0.1) is 51.6 Å². The number of nitrogens with one attached hydrogen (secondary N) is 3. The van der Waals surface area contributed by atoms with Gasteiger partial charge in [0.1, 0.15) is 29.3 Å². The number of fused-ring (bicyclic) bond motifs is 2. The Morgan fingerprint density at radius 2 is 0.933 bits per heavy atom. The Labute approximate surface area is 493 Å². The van der Waals surface area contributed by atoms with Gasteiger partial charge in [-0.15, -0.1) is 0 Å². The first-order valence-electron chi connectivity index (χ1n) is 22.8. The van der Waals surface area contributed by atoms with Crippen LogP contribution in [0, 0.1) is 13.8 Å². The summed E-state index contributed by atoms with van der Waals surface area (Å²) in [7, 11) is -3.62. The van der Waals surface area contributed by atoms with E-state index in [0.717, 1.165) is 68.0 Å². The van der Waals surface area contributed by atoms with Crippen molar-refractivity contribution >= 4 is 44.6 Å². The number of pyridine rings is 2. The average molecular weight is 1370 g/mol. The monoisotopic (exact) mass is 1370 g/mol. The molecule has 21 nitrogen and oxygen atoms in total. The number of hydrogen-bond donors (Lipinski definition) is 3. The number of carbonyl (C=O) groups excluding carboxylic acids is 2. The lowest BCUT2D eigenvalue weighted by molar-refractivity contribution is 0.0297. The zero-order chi connectivity index (χ0) is 68.8. The number of aromatic nitrogens is 8. The van der Waals surface area contributed by atoms with Gasteiger partial charge in [-0.3, -0.25) is 27.5 Å². The Kier molecular flexibility index (Phi) is 56.7. The van der Waals surface area contributed by atoms with Crippen LogP contribution in [0.5, 0.6) is 0 Å². The second kappa shape index (κ2) is 56.7. The van der Waals surface area contributed by atoms with Crippen LogP contribution in [-0.4, -0.2) is 123 Å². The zero-order valence-electron chi connectivity index (χ0n) is 45.2. The van der Waals surface area contributed by atoms with Gasteiger partial charge in [-0.2, -0.15) is 18.4 Å². The molecular formula is C46H52F22N12O9S. The number of carbonyl (C=O) groups is 2. The van der Waals surface area contributed by atoms with Crippen LogP contribution in [0.1, 0.15) is 51.3 Å². The predicted octanol–water partition coefficient (Wildman–Crippen LogP) is 14.7. The minimum absolute atomic E-state index is 0. The minimum Gasteiger partial charge on any atom is -0.379 e. The molecule has 2 saturated heterocycles. The van der Waals surface area contributed by atoms with Crippen LogP contribution < -0.4 is 16.0 Å². The first-order valence-corrected chi connectivity index (χ1v) is 24.6. The number of nitrogens with zero attached hydrogens (tertiary/aromatic N) is 9. The van der Waals surface area contributed by atoms with E-state index in [0.29, 0.717) is 65.4 Å². The molecule has 0 atom stereocenters. The maximum Gasteiger partial charge on any atom is 0.274 e. The number of ether oxygens (including phenoxy) is 2. The number of rotatable bonds is 11.